The van der Waals surface area contributed by atoms with E-state index in [0.717, 1.165) is 8.99 Å². The molecule has 0 saturated carbocycles. The van der Waals surface area contributed by atoms with E-state index in [9.17, 15) is 18.3 Å². The van der Waals surface area contributed by atoms with Gasteiger partial charge in [-0.25, -0.2) is 8.42 Å². The summed E-state index contributed by atoms with van der Waals surface area (Å²) in [6, 6.07) is 0. The molecule has 20 heavy (non-hydrogen) atoms. The molecule has 112 valence electrons. The van der Waals surface area contributed by atoms with Gasteiger partial charge in [0.25, 0.3) is 0 Å². The maximum atomic E-state index is 12.5. The molecule has 2 N–H and O–H groups in total. The van der Waals surface area contributed by atoms with E-state index in [-0.39, 0.29) is 35.9 Å². The van der Waals surface area contributed by atoms with Crippen molar-refractivity contribution in [1.82, 2.24) is 14.1 Å². The second-order valence-electron chi connectivity index (χ2n) is 5.32. The van der Waals surface area contributed by atoms with Crippen LogP contribution in [-0.2, 0) is 21.4 Å². The first-order chi connectivity index (χ1) is 9.04. The average molecular weight is 303 g/mol. The molecule has 0 spiro atoms. The summed E-state index contributed by atoms with van der Waals surface area (Å²) >= 11 is 0. The third-order valence-corrected chi connectivity index (χ3v) is 5.28. The lowest BCUT2D eigenvalue weighted by Crippen LogP contribution is -2.61. The molecule has 2 heterocycles. The van der Waals surface area contributed by atoms with Crippen LogP contribution in [0.3, 0.4) is 0 Å². The smallest absolute Gasteiger partial charge is 0.325 e. The highest BCUT2D eigenvalue weighted by atomic mass is 32.2. The first-order valence-corrected chi connectivity index (χ1v) is 7.47. The van der Waals surface area contributed by atoms with E-state index in [0.29, 0.717) is 0 Å². The van der Waals surface area contributed by atoms with Crippen molar-refractivity contribution in [3.05, 3.63) is 11.4 Å². The van der Waals surface area contributed by atoms with Crippen molar-refractivity contribution >= 4 is 16.0 Å². The van der Waals surface area contributed by atoms with Gasteiger partial charge in [0.2, 0.25) is 10.0 Å². The number of aryl methyl sites for hydroxylation is 1. The molecular formula is C11H17N3O5S. The van der Waals surface area contributed by atoms with Crippen molar-refractivity contribution in [3.8, 4) is 0 Å². The number of hydrogen-bond acceptors (Lipinski definition) is 5. The van der Waals surface area contributed by atoms with Gasteiger partial charge in [0.15, 0.2) is 0 Å². The van der Waals surface area contributed by atoms with Crippen molar-refractivity contribution in [2.45, 2.75) is 37.8 Å². The predicted octanol–water partition coefficient (Wildman–Crippen LogP) is -0.660. The molecule has 0 aromatic carbocycles. The topological polar surface area (TPSA) is 113 Å². The van der Waals surface area contributed by atoms with E-state index in [2.05, 4.69) is 5.10 Å². The molecular weight excluding hydrogens is 286 g/mol. The molecule has 1 aliphatic heterocycles. The summed E-state index contributed by atoms with van der Waals surface area (Å²) in [5, 5.41) is 22.4. The van der Waals surface area contributed by atoms with Crippen molar-refractivity contribution in [2.24, 2.45) is 0 Å². The summed E-state index contributed by atoms with van der Waals surface area (Å²) in [5.41, 5.74) is -0.460. The Balaban J connectivity index is 2.38. The fourth-order valence-corrected chi connectivity index (χ4v) is 4.40. The number of sulfonamides is 1. The van der Waals surface area contributed by atoms with Crippen LogP contribution < -0.4 is 0 Å². The largest absolute Gasteiger partial charge is 0.480 e. The van der Waals surface area contributed by atoms with Gasteiger partial charge in [0.1, 0.15) is 11.4 Å². The highest BCUT2D eigenvalue weighted by Gasteiger charge is 2.45. The van der Waals surface area contributed by atoms with E-state index in [1.165, 1.54) is 13.8 Å². The third-order valence-electron chi connectivity index (χ3n) is 3.23. The standard InChI is InChI=1S/C11H17N3O5S/c1-7-10(8(2)14(12-7)4-9(15)16)20(18,19)13-5-11(3,17)6-13/h17H,4-6H2,1-3H3,(H,15,16). The van der Waals surface area contributed by atoms with Crippen molar-refractivity contribution in [3.63, 3.8) is 0 Å². The van der Waals surface area contributed by atoms with Gasteiger partial charge in [0.05, 0.1) is 17.0 Å². The van der Waals surface area contributed by atoms with E-state index in [1.54, 1.807) is 6.92 Å². The summed E-state index contributed by atoms with van der Waals surface area (Å²) in [6.07, 6.45) is 0. The normalized spacial score (nSPS) is 18.8. The Bertz CT molecular complexity index is 654. The van der Waals surface area contributed by atoms with Crippen LogP contribution in [0.15, 0.2) is 4.90 Å². The minimum absolute atomic E-state index is 0.0225. The van der Waals surface area contributed by atoms with Crippen LogP contribution >= 0.6 is 0 Å². The monoisotopic (exact) mass is 303 g/mol. The Morgan fingerprint density at radius 3 is 2.40 bits per heavy atom. The maximum Gasteiger partial charge on any atom is 0.325 e. The Morgan fingerprint density at radius 1 is 1.40 bits per heavy atom. The van der Waals surface area contributed by atoms with Gasteiger partial charge < -0.3 is 10.2 Å². The van der Waals surface area contributed by atoms with Crippen LogP contribution in [0.1, 0.15) is 18.3 Å². The first kappa shape index (κ1) is 14.9. The van der Waals surface area contributed by atoms with Gasteiger partial charge in [-0.2, -0.15) is 9.40 Å². The minimum atomic E-state index is -3.75. The Hall–Kier alpha value is -1.45. The van der Waals surface area contributed by atoms with Gasteiger partial charge in [-0.05, 0) is 20.8 Å². The van der Waals surface area contributed by atoms with Gasteiger partial charge in [-0.3, -0.25) is 9.48 Å². The van der Waals surface area contributed by atoms with Crippen LogP contribution in [0.25, 0.3) is 0 Å². The molecule has 0 bridgehead atoms. The second-order valence-corrected chi connectivity index (χ2v) is 7.20. The molecule has 1 fully saturated rings. The van der Waals surface area contributed by atoms with Crippen molar-refractivity contribution in [2.75, 3.05) is 13.1 Å². The fourth-order valence-electron chi connectivity index (χ4n) is 2.35. The predicted molar refractivity (Wildman–Crippen MR) is 68.7 cm³/mol. The molecule has 1 aliphatic rings. The average Bonchev–Trinajstić information content (AvgIpc) is 2.50. The van der Waals surface area contributed by atoms with E-state index < -0.39 is 21.6 Å². The van der Waals surface area contributed by atoms with Crippen molar-refractivity contribution in [1.29, 1.82) is 0 Å². The van der Waals surface area contributed by atoms with E-state index in [4.69, 9.17) is 5.11 Å². The fraction of sp³-hybridized carbons (Fsp3) is 0.636. The number of hydrogen-bond donors (Lipinski definition) is 2. The molecule has 1 saturated heterocycles. The number of aromatic nitrogens is 2. The number of aliphatic hydroxyl groups is 1. The van der Waals surface area contributed by atoms with Crippen LogP contribution in [0.2, 0.25) is 0 Å². The zero-order valence-electron chi connectivity index (χ0n) is 11.5. The zero-order valence-corrected chi connectivity index (χ0v) is 12.3. The summed E-state index contributed by atoms with van der Waals surface area (Å²) < 4.78 is 27.2. The quantitative estimate of drug-likeness (QED) is 0.763. The highest BCUT2D eigenvalue weighted by molar-refractivity contribution is 7.89. The molecule has 0 amide bonds. The Morgan fingerprint density at radius 2 is 1.95 bits per heavy atom. The summed E-state index contributed by atoms with van der Waals surface area (Å²) in [7, 11) is -3.75. The van der Waals surface area contributed by atoms with E-state index >= 15 is 0 Å². The van der Waals surface area contributed by atoms with Gasteiger partial charge >= 0.3 is 5.97 Å². The van der Waals surface area contributed by atoms with Gasteiger partial charge in [-0.15, -0.1) is 0 Å². The number of β-amino-alcohol motifs (C(OH)–C–C–N with tert-alkyl or cyclic N) is 1. The lowest BCUT2D eigenvalue weighted by molar-refractivity contribution is -0.137. The minimum Gasteiger partial charge on any atom is -0.480 e. The third kappa shape index (κ3) is 2.43. The van der Waals surface area contributed by atoms with Crippen LogP contribution in [0.4, 0.5) is 0 Å². The second kappa shape index (κ2) is 4.54. The number of carboxylic acid groups (broad SMARTS) is 1. The lowest BCUT2D eigenvalue weighted by atomic mass is 10.0. The number of carbonyl (C=O) groups is 1. The SMILES string of the molecule is Cc1nn(CC(=O)O)c(C)c1S(=O)(=O)N1CC(C)(O)C1. The Labute approximate surface area is 116 Å². The maximum absolute atomic E-state index is 12.5. The van der Waals surface area contributed by atoms with E-state index in [1.807, 2.05) is 0 Å². The van der Waals surface area contributed by atoms with Gasteiger partial charge in [0, 0.05) is 13.1 Å². The summed E-state index contributed by atoms with van der Waals surface area (Å²) in [5.74, 6) is -1.09. The molecule has 1 aromatic heterocycles. The van der Waals surface area contributed by atoms with Crippen molar-refractivity contribution < 1.29 is 23.4 Å². The molecule has 0 atom stereocenters. The molecule has 0 unspecified atom stereocenters. The number of nitrogens with zero attached hydrogens (tertiary/aromatic N) is 3. The molecule has 0 radical (unpaired) electrons. The molecule has 1 aromatic rings. The highest BCUT2D eigenvalue weighted by Crippen LogP contribution is 2.30. The summed E-state index contributed by atoms with van der Waals surface area (Å²) in [6.45, 7) is 4.27. The van der Waals surface area contributed by atoms with Gasteiger partial charge in [-0.1, -0.05) is 0 Å². The number of carboxylic acids is 1. The van der Waals surface area contributed by atoms with Crippen LogP contribution in [0.5, 0.6) is 0 Å². The molecule has 0 aliphatic carbocycles. The van der Waals surface area contributed by atoms with Crippen LogP contribution in [0, 0.1) is 13.8 Å². The lowest BCUT2D eigenvalue weighted by Gasteiger charge is -2.42. The Kier molecular flexibility index (Phi) is 3.39. The zero-order chi connectivity index (χ0) is 15.3. The molecule has 8 nitrogen and oxygen atoms in total. The van der Waals surface area contributed by atoms with Crippen LogP contribution in [-0.4, -0.2) is 57.4 Å². The molecule has 2 rings (SSSR count). The summed E-state index contributed by atoms with van der Waals surface area (Å²) in [4.78, 5) is 10.7. The molecule has 9 heteroatoms. The number of rotatable bonds is 4. The first-order valence-electron chi connectivity index (χ1n) is 6.03. The number of aliphatic carboxylic acids is 1.